The molecule has 0 bridgehead atoms. The van der Waals surface area contributed by atoms with Crippen LogP contribution in [0.1, 0.15) is 24.4 Å². The summed E-state index contributed by atoms with van der Waals surface area (Å²) in [7, 11) is 2.17. The molecule has 5 rings (SSSR count). The average Bonchev–Trinajstić information content (AvgIpc) is 3.16. The van der Waals surface area contributed by atoms with Gasteiger partial charge in [-0.25, -0.2) is 14.6 Å². The van der Waals surface area contributed by atoms with Crippen LogP contribution in [0.15, 0.2) is 61.1 Å². The second-order valence-corrected chi connectivity index (χ2v) is 8.01. The third kappa shape index (κ3) is 3.55. The SMILES string of the molecule is Cc1cc(-c2nn([C@@H]3CCCN(C)C3)c3ncncc23)ccc1Oc1ccccc1. The Morgan fingerprint density at radius 1 is 1.10 bits per heavy atom. The van der Waals surface area contributed by atoms with Gasteiger partial charge in [0.05, 0.1) is 11.4 Å². The molecule has 0 saturated carbocycles. The Kier molecular flexibility index (Phi) is 4.93. The average molecular weight is 399 g/mol. The van der Waals surface area contributed by atoms with Gasteiger partial charge in [0.2, 0.25) is 0 Å². The van der Waals surface area contributed by atoms with Gasteiger partial charge in [0.1, 0.15) is 23.5 Å². The second kappa shape index (κ2) is 7.88. The molecule has 2 aromatic heterocycles. The van der Waals surface area contributed by atoms with E-state index in [9.17, 15) is 0 Å². The monoisotopic (exact) mass is 399 g/mol. The highest BCUT2D eigenvalue weighted by Gasteiger charge is 2.24. The molecule has 3 heterocycles. The van der Waals surface area contributed by atoms with Crippen molar-refractivity contribution >= 4 is 11.0 Å². The maximum absolute atomic E-state index is 6.04. The molecule has 6 nitrogen and oxygen atoms in total. The lowest BCUT2D eigenvalue weighted by atomic mass is 10.1. The van der Waals surface area contributed by atoms with Crippen molar-refractivity contribution in [1.82, 2.24) is 24.6 Å². The Balaban J connectivity index is 1.52. The lowest BCUT2D eigenvalue weighted by molar-refractivity contribution is 0.205. The molecule has 0 aliphatic carbocycles. The van der Waals surface area contributed by atoms with Gasteiger partial charge in [-0.1, -0.05) is 18.2 Å². The molecule has 1 saturated heterocycles. The van der Waals surface area contributed by atoms with E-state index in [1.807, 2.05) is 42.6 Å². The molecule has 0 N–H and O–H groups in total. The van der Waals surface area contributed by atoms with Gasteiger partial charge < -0.3 is 9.64 Å². The summed E-state index contributed by atoms with van der Waals surface area (Å²) < 4.78 is 8.15. The molecule has 2 aromatic carbocycles. The van der Waals surface area contributed by atoms with Gasteiger partial charge in [-0.2, -0.15) is 5.10 Å². The summed E-state index contributed by atoms with van der Waals surface area (Å²) in [5.74, 6) is 1.68. The zero-order valence-electron chi connectivity index (χ0n) is 17.3. The van der Waals surface area contributed by atoms with Crippen LogP contribution < -0.4 is 4.74 Å². The smallest absolute Gasteiger partial charge is 0.162 e. The molecule has 0 radical (unpaired) electrons. The lowest BCUT2D eigenvalue weighted by Crippen LogP contribution is -2.34. The molecule has 1 aliphatic heterocycles. The summed E-state index contributed by atoms with van der Waals surface area (Å²) in [5, 5.41) is 6.01. The van der Waals surface area contributed by atoms with Crippen LogP contribution in [0.5, 0.6) is 11.5 Å². The number of ether oxygens (including phenoxy) is 1. The van der Waals surface area contributed by atoms with Crippen molar-refractivity contribution in [2.24, 2.45) is 0 Å². The standard InChI is InChI=1S/C24H25N5O/c1-17-13-18(10-11-22(17)30-20-8-4-3-5-9-20)23-21-14-25-16-26-24(21)29(27-23)19-7-6-12-28(2)15-19/h3-5,8-11,13-14,16,19H,6-7,12,15H2,1-2H3/t19-/m1/s1. The highest BCUT2D eigenvalue weighted by atomic mass is 16.5. The normalized spacial score (nSPS) is 17.3. The maximum atomic E-state index is 6.04. The number of likely N-dealkylation sites (tertiary alicyclic amines) is 1. The Labute approximate surface area is 176 Å². The molecule has 1 fully saturated rings. The van der Waals surface area contributed by atoms with E-state index in [2.05, 4.69) is 45.7 Å². The molecule has 0 amide bonds. The first-order chi connectivity index (χ1) is 14.7. The van der Waals surface area contributed by atoms with Crippen LogP contribution in [0.4, 0.5) is 0 Å². The van der Waals surface area contributed by atoms with E-state index < -0.39 is 0 Å². The number of rotatable bonds is 4. The maximum Gasteiger partial charge on any atom is 0.162 e. The molecule has 152 valence electrons. The molecule has 30 heavy (non-hydrogen) atoms. The molecular formula is C24H25N5O. The van der Waals surface area contributed by atoms with E-state index in [1.54, 1.807) is 6.33 Å². The molecular weight excluding hydrogens is 374 g/mol. The Hall–Kier alpha value is -3.25. The van der Waals surface area contributed by atoms with Crippen LogP contribution in [0.25, 0.3) is 22.3 Å². The highest BCUT2D eigenvalue weighted by Crippen LogP contribution is 2.34. The quantitative estimate of drug-likeness (QED) is 0.490. The zero-order chi connectivity index (χ0) is 20.5. The molecule has 0 unspecified atom stereocenters. The number of para-hydroxylation sites is 1. The third-order valence-electron chi connectivity index (χ3n) is 5.74. The van der Waals surface area contributed by atoms with E-state index in [1.165, 1.54) is 6.42 Å². The molecule has 6 heteroatoms. The minimum absolute atomic E-state index is 0.330. The predicted molar refractivity (Wildman–Crippen MR) is 118 cm³/mol. The molecule has 0 spiro atoms. The molecule has 1 aliphatic rings. The number of aromatic nitrogens is 4. The van der Waals surface area contributed by atoms with Crippen molar-refractivity contribution in [1.29, 1.82) is 0 Å². The molecule has 4 aromatic rings. The Morgan fingerprint density at radius 3 is 2.77 bits per heavy atom. The van der Waals surface area contributed by atoms with Crippen molar-refractivity contribution in [3.63, 3.8) is 0 Å². The van der Waals surface area contributed by atoms with Crippen LogP contribution in [-0.2, 0) is 0 Å². The van der Waals surface area contributed by atoms with Crippen molar-refractivity contribution in [2.45, 2.75) is 25.8 Å². The Bertz CT molecular complexity index is 1170. The van der Waals surface area contributed by atoms with E-state index in [-0.39, 0.29) is 0 Å². The number of nitrogens with zero attached hydrogens (tertiary/aromatic N) is 5. The number of fused-ring (bicyclic) bond motifs is 1. The minimum Gasteiger partial charge on any atom is -0.457 e. The first-order valence-corrected chi connectivity index (χ1v) is 10.4. The first kappa shape index (κ1) is 18.8. The topological polar surface area (TPSA) is 56.1 Å². The van der Waals surface area contributed by atoms with E-state index in [0.29, 0.717) is 6.04 Å². The van der Waals surface area contributed by atoms with Crippen LogP contribution in [0.3, 0.4) is 0 Å². The largest absolute Gasteiger partial charge is 0.457 e. The fourth-order valence-corrected chi connectivity index (χ4v) is 4.22. The van der Waals surface area contributed by atoms with Gasteiger partial charge in [0, 0.05) is 18.3 Å². The van der Waals surface area contributed by atoms with E-state index in [0.717, 1.165) is 58.9 Å². The van der Waals surface area contributed by atoms with Crippen LogP contribution >= 0.6 is 0 Å². The summed E-state index contributed by atoms with van der Waals surface area (Å²) in [6.45, 7) is 4.19. The fourth-order valence-electron chi connectivity index (χ4n) is 4.22. The number of likely N-dealkylation sites (N-methyl/N-ethyl adjacent to an activating group) is 1. The van der Waals surface area contributed by atoms with Crippen LogP contribution in [0.2, 0.25) is 0 Å². The fraction of sp³-hybridized carbons (Fsp3) is 0.292. The first-order valence-electron chi connectivity index (χ1n) is 10.4. The summed E-state index contributed by atoms with van der Waals surface area (Å²) >= 11 is 0. The van der Waals surface area contributed by atoms with Gasteiger partial charge in [0.15, 0.2) is 5.65 Å². The van der Waals surface area contributed by atoms with Gasteiger partial charge >= 0.3 is 0 Å². The summed E-state index contributed by atoms with van der Waals surface area (Å²) in [6.07, 6.45) is 5.78. The van der Waals surface area contributed by atoms with Gasteiger partial charge in [0.25, 0.3) is 0 Å². The number of benzene rings is 2. The summed E-state index contributed by atoms with van der Waals surface area (Å²) in [4.78, 5) is 11.2. The number of aryl methyl sites for hydroxylation is 1. The van der Waals surface area contributed by atoms with Crippen LogP contribution in [0, 0.1) is 6.92 Å². The van der Waals surface area contributed by atoms with Crippen LogP contribution in [-0.4, -0.2) is 44.8 Å². The van der Waals surface area contributed by atoms with E-state index >= 15 is 0 Å². The van der Waals surface area contributed by atoms with Crippen molar-refractivity contribution < 1.29 is 4.74 Å². The van der Waals surface area contributed by atoms with E-state index in [4.69, 9.17) is 9.84 Å². The van der Waals surface area contributed by atoms with Gasteiger partial charge in [-0.3, -0.25) is 0 Å². The number of piperidine rings is 1. The number of hydrogen-bond donors (Lipinski definition) is 0. The summed E-state index contributed by atoms with van der Waals surface area (Å²) in [5.41, 5.74) is 3.94. The Morgan fingerprint density at radius 2 is 1.97 bits per heavy atom. The van der Waals surface area contributed by atoms with Gasteiger partial charge in [-0.15, -0.1) is 0 Å². The van der Waals surface area contributed by atoms with Crippen molar-refractivity contribution in [2.75, 3.05) is 20.1 Å². The minimum atomic E-state index is 0.330. The van der Waals surface area contributed by atoms with Crippen molar-refractivity contribution in [3.8, 4) is 22.8 Å². The molecule has 1 atom stereocenters. The second-order valence-electron chi connectivity index (χ2n) is 8.01. The predicted octanol–water partition coefficient (Wildman–Crippen LogP) is 4.86. The zero-order valence-corrected chi connectivity index (χ0v) is 17.3. The number of hydrogen-bond acceptors (Lipinski definition) is 5. The summed E-state index contributed by atoms with van der Waals surface area (Å²) in [6, 6.07) is 16.4. The highest BCUT2D eigenvalue weighted by molar-refractivity contribution is 5.90. The third-order valence-corrected chi connectivity index (χ3v) is 5.74. The lowest BCUT2D eigenvalue weighted by Gasteiger charge is -2.29. The van der Waals surface area contributed by atoms with Gasteiger partial charge in [-0.05, 0) is 69.3 Å². The van der Waals surface area contributed by atoms with Crippen molar-refractivity contribution in [3.05, 3.63) is 66.6 Å².